The van der Waals surface area contributed by atoms with Crippen LogP contribution in [0, 0.1) is 16.7 Å². The van der Waals surface area contributed by atoms with E-state index >= 15 is 0 Å². The number of esters is 1. The van der Waals surface area contributed by atoms with Gasteiger partial charge in [-0.1, -0.05) is 20.8 Å². The van der Waals surface area contributed by atoms with Crippen molar-refractivity contribution < 1.29 is 14.4 Å². The molecule has 0 amide bonds. The van der Waals surface area contributed by atoms with Gasteiger partial charge in [0.1, 0.15) is 6.10 Å². The summed E-state index contributed by atoms with van der Waals surface area (Å²) in [6, 6.07) is 0. The third-order valence-corrected chi connectivity index (χ3v) is 6.38. The molecule has 0 unspecified atom stereocenters. The summed E-state index contributed by atoms with van der Waals surface area (Å²) in [5.41, 5.74) is 0.506. The molecule has 0 aromatic carbocycles. The van der Waals surface area contributed by atoms with Crippen molar-refractivity contribution in [2.75, 3.05) is 19.6 Å². The molecule has 3 heteroatoms. The van der Waals surface area contributed by atoms with Crippen LogP contribution in [0.2, 0.25) is 0 Å². The van der Waals surface area contributed by atoms with Crippen LogP contribution in [0.4, 0.5) is 0 Å². The second-order valence-electron chi connectivity index (χ2n) is 7.22. The molecule has 19 heavy (non-hydrogen) atoms. The third-order valence-electron chi connectivity index (χ3n) is 6.38. The Morgan fingerprint density at radius 2 is 1.89 bits per heavy atom. The van der Waals surface area contributed by atoms with Crippen molar-refractivity contribution in [1.82, 2.24) is 0 Å². The molecule has 2 saturated carbocycles. The lowest BCUT2D eigenvalue weighted by molar-refractivity contribution is -0.888. The molecule has 2 aliphatic carbocycles. The van der Waals surface area contributed by atoms with Crippen LogP contribution in [0.5, 0.6) is 0 Å². The van der Waals surface area contributed by atoms with E-state index in [-0.39, 0.29) is 17.5 Å². The molecule has 0 aromatic rings. The quantitative estimate of drug-likeness (QED) is 0.769. The zero-order valence-electron chi connectivity index (χ0n) is 13.2. The minimum absolute atomic E-state index is 0.00623. The summed E-state index contributed by atoms with van der Waals surface area (Å²) in [5.74, 6) is 0.726. The van der Waals surface area contributed by atoms with Gasteiger partial charge < -0.3 is 9.64 Å². The number of rotatable bonds is 5. The highest BCUT2D eigenvalue weighted by molar-refractivity contribution is 5.70. The second kappa shape index (κ2) is 5.08. The van der Waals surface area contributed by atoms with Crippen LogP contribution >= 0.6 is 0 Å². The van der Waals surface area contributed by atoms with Crippen molar-refractivity contribution in [3.63, 3.8) is 0 Å². The number of hydrogen-bond acceptors (Lipinski definition) is 2. The van der Waals surface area contributed by atoms with E-state index in [4.69, 9.17) is 4.74 Å². The van der Waals surface area contributed by atoms with Gasteiger partial charge >= 0.3 is 5.97 Å². The Morgan fingerprint density at radius 1 is 1.26 bits per heavy atom. The molecule has 2 fully saturated rings. The van der Waals surface area contributed by atoms with Gasteiger partial charge in [-0.3, -0.25) is 0 Å². The summed E-state index contributed by atoms with van der Waals surface area (Å²) >= 11 is 0. The van der Waals surface area contributed by atoms with E-state index in [2.05, 4.69) is 34.6 Å². The first-order chi connectivity index (χ1) is 8.85. The summed E-state index contributed by atoms with van der Waals surface area (Å²) in [6.07, 6.45) is 3.73. The molecule has 110 valence electrons. The fourth-order valence-corrected chi connectivity index (χ4v) is 4.21. The summed E-state index contributed by atoms with van der Waals surface area (Å²) < 4.78 is 5.86. The molecule has 0 aliphatic heterocycles. The van der Waals surface area contributed by atoms with E-state index < -0.39 is 0 Å². The lowest BCUT2D eigenvalue weighted by atomic mass is 9.70. The van der Waals surface area contributed by atoms with E-state index in [0.717, 1.165) is 25.4 Å². The highest BCUT2D eigenvalue weighted by Gasteiger charge is 2.62. The Labute approximate surface area is 117 Å². The number of ether oxygens (including phenoxy) is 1. The molecular weight excluding hydrogens is 238 g/mol. The number of quaternary nitrogens is 1. The highest BCUT2D eigenvalue weighted by Crippen LogP contribution is 2.66. The normalized spacial score (nSPS) is 35.9. The average Bonchev–Trinajstić information content (AvgIpc) is 2.69. The maximum absolute atomic E-state index is 12.1. The van der Waals surface area contributed by atoms with Gasteiger partial charge in [0.2, 0.25) is 0 Å². The molecule has 1 N–H and O–H groups in total. The number of carbonyl (C=O) groups excluding carboxylic acids is 1. The number of likely N-dealkylation sites (N-methyl/N-ethyl adjacent to an activating group) is 1. The standard InChI is InChI=1S/C16H29NO2/c1-6-17(7-2)11-14(18)19-13-10-12-8-9-16(13,5)15(12,3)4/h12-13H,6-11H2,1-5H3/p+1/t12-,13+,16+/m0/s1. The van der Waals surface area contributed by atoms with Crippen molar-refractivity contribution in [1.29, 1.82) is 0 Å². The predicted molar refractivity (Wildman–Crippen MR) is 76.0 cm³/mol. The molecule has 0 spiro atoms. The second-order valence-corrected chi connectivity index (χ2v) is 7.22. The van der Waals surface area contributed by atoms with Crippen LogP contribution in [0.25, 0.3) is 0 Å². The molecule has 3 atom stereocenters. The molecule has 2 rings (SSSR count). The van der Waals surface area contributed by atoms with Gasteiger partial charge in [-0.05, 0) is 44.4 Å². The average molecular weight is 268 g/mol. The molecule has 0 heterocycles. The van der Waals surface area contributed by atoms with E-state index in [1.54, 1.807) is 0 Å². The Kier molecular flexibility index (Phi) is 3.97. The lowest BCUT2D eigenvalue weighted by Gasteiger charge is -2.38. The molecule has 2 aliphatic rings. The van der Waals surface area contributed by atoms with E-state index in [1.165, 1.54) is 17.7 Å². The number of hydrogen-bond donors (Lipinski definition) is 1. The van der Waals surface area contributed by atoms with Crippen LogP contribution in [0.3, 0.4) is 0 Å². The van der Waals surface area contributed by atoms with Crippen LogP contribution in [0.1, 0.15) is 53.9 Å². The first kappa shape index (κ1) is 14.8. The molecule has 0 radical (unpaired) electrons. The predicted octanol–water partition coefficient (Wildman–Crippen LogP) is 1.67. The molecule has 0 aromatic heterocycles. The molecule has 0 saturated heterocycles. The monoisotopic (exact) mass is 268 g/mol. The van der Waals surface area contributed by atoms with Crippen molar-refractivity contribution in [3.8, 4) is 0 Å². The van der Waals surface area contributed by atoms with Gasteiger partial charge in [-0.25, -0.2) is 4.79 Å². The Hall–Kier alpha value is -0.570. The van der Waals surface area contributed by atoms with Gasteiger partial charge in [0, 0.05) is 5.41 Å². The van der Waals surface area contributed by atoms with Crippen molar-refractivity contribution in [2.45, 2.75) is 60.0 Å². The number of nitrogens with one attached hydrogen (secondary N) is 1. The summed E-state index contributed by atoms with van der Waals surface area (Å²) in [6.45, 7) is 13.8. The Balaban J connectivity index is 1.96. The maximum Gasteiger partial charge on any atom is 0.362 e. The van der Waals surface area contributed by atoms with Crippen LogP contribution < -0.4 is 4.90 Å². The fraction of sp³-hybridized carbons (Fsp3) is 0.938. The largest absolute Gasteiger partial charge is 0.458 e. The molecule has 3 nitrogen and oxygen atoms in total. The number of carbonyl (C=O) groups is 1. The maximum atomic E-state index is 12.1. The first-order valence-corrected chi connectivity index (χ1v) is 7.88. The van der Waals surface area contributed by atoms with Crippen LogP contribution in [0.15, 0.2) is 0 Å². The lowest BCUT2D eigenvalue weighted by Crippen LogP contribution is -3.12. The smallest absolute Gasteiger partial charge is 0.362 e. The Morgan fingerprint density at radius 3 is 2.32 bits per heavy atom. The van der Waals surface area contributed by atoms with Gasteiger partial charge in [-0.15, -0.1) is 0 Å². The summed E-state index contributed by atoms with van der Waals surface area (Å²) in [4.78, 5) is 13.4. The minimum atomic E-state index is -0.00623. The van der Waals surface area contributed by atoms with Crippen LogP contribution in [-0.4, -0.2) is 31.7 Å². The van der Waals surface area contributed by atoms with Gasteiger partial charge in [-0.2, -0.15) is 0 Å². The zero-order valence-corrected chi connectivity index (χ0v) is 13.2. The fourth-order valence-electron chi connectivity index (χ4n) is 4.21. The van der Waals surface area contributed by atoms with E-state index in [9.17, 15) is 4.79 Å². The molecule has 2 bridgehead atoms. The summed E-state index contributed by atoms with van der Waals surface area (Å²) in [5, 5.41) is 0. The van der Waals surface area contributed by atoms with Gasteiger partial charge in [0.15, 0.2) is 6.54 Å². The topological polar surface area (TPSA) is 30.7 Å². The van der Waals surface area contributed by atoms with Crippen molar-refractivity contribution >= 4 is 5.97 Å². The highest BCUT2D eigenvalue weighted by atomic mass is 16.5. The SMILES string of the molecule is CC[NH+](CC)CC(=O)O[C@@H]1C[C@@H]2CC[C@@]1(C)C2(C)C. The molecular formula is C16H30NO2+. The minimum Gasteiger partial charge on any atom is -0.458 e. The van der Waals surface area contributed by atoms with Gasteiger partial charge in [0.25, 0.3) is 0 Å². The van der Waals surface area contributed by atoms with Crippen LogP contribution in [-0.2, 0) is 9.53 Å². The Bertz CT molecular complexity index is 349. The first-order valence-electron chi connectivity index (χ1n) is 7.88. The van der Waals surface area contributed by atoms with E-state index in [1.807, 2.05) is 0 Å². The number of fused-ring (bicyclic) bond motifs is 2. The van der Waals surface area contributed by atoms with E-state index in [0.29, 0.717) is 12.0 Å². The van der Waals surface area contributed by atoms with Gasteiger partial charge in [0.05, 0.1) is 13.1 Å². The van der Waals surface area contributed by atoms with Crippen molar-refractivity contribution in [2.24, 2.45) is 16.7 Å². The van der Waals surface area contributed by atoms with Crippen molar-refractivity contribution in [3.05, 3.63) is 0 Å². The summed E-state index contributed by atoms with van der Waals surface area (Å²) in [7, 11) is 0. The third kappa shape index (κ3) is 2.31. The zero-order chi connectivity index (χ0) is 14.3.